The minimum absolute atomic E-state index is 0.292. The molecule has 2 aromatic heterocycles. The van der Waals surface area contributed by atoms with Crippen LogP contribution in [0.1, 0.15) is 26.7 Å². The van der Waals surface area contributed by atoms with E-state index in [9.17, 15) is 4.79 Å². The summed E-state index contributed by atoms with van der Waals surface area (Å²) < 4.78 is 0. The molecule has 0 radical (unpaired) electrons. The molecule has 0 aliphatic rings. The van der Waals surface area contributed by atoms with Gasteiger partial charge >= 0.3 is 5.97 Å². The first-order chi connectivity index (χ1) is 10.2. The molecule has 0 saturated heterocycles. The summed E-state index contributed by atoms with van der Waals surface area (Å²) >= 11 is 0. The van der Waals surface area contributed by atoms with Gasteiger partial charge in [-0.1, -0.05) is 20.2 Å². The normalized spacial score (nSPS) is 7.71. The molecule has 2 heterocycles. The van der Waals surface area contributed by atoms with Gasteiger partial charge < -0.3 is 15.1 Å². The van der Waals surface area contributed by atoms with Crippen molar-refractivity contribution in [2.24, 2.45) is 0 Å². The van der Waals surface area contributed by atoms with Crippen LogP contribution in [0, 0.1) is 0 Å². The topological polar surface area (TPSA) is 94.7 Å². The van der Waals surface area contributed by atoms with Crippen LogP contribution >= 0.6 is 0 Å². The monoisotopic (exact) mass is 290 g/mol. The molecule has 0 unspecified atom stereocenters. The van der Waals surface area contributed by atoms with Crippen molar-refractivity contribution >= 4 is 27.9 Å². The highest BCUT2D eigenvalue weighted by molar-refractivity contribution is 7.23. The molecular formula is C12H25B3N4O2. The van der Waals surface area contributed by atoms with Crippen LogP contribution in [0.5, 0.6) is 0 Å². The van der Waals surface area contributed by atoms with E-state index in [2.05, 4.69) is 34.6 Å². The van der Waals surface area contributed by atoms with E-state index >= 15 is 0 Å². The summed E-state index contributed by atoms with van der Waals surface area (Å²) in [5, 5.41) is 7.91. The standard InChI is InChI=1S/C4H8O2.2C3H4N2.C2H9B3/c1-2-3-4(5)6;2*1-2-5-3-4-1;1-2-4-5-3/h2-3H2,1H3,(H,5,6);2*1-3H,(H,4,5);4-5H,2-3H2,1H3. The second-order valence-electron chi connectivity index (χ2n) is 4.02. The first kappa shape index (κ1) is 21.4. The van der Waals surface area contributed by atoms with E-state index in [1.165, 1.54) is 20.6 Å². The molecule has 2 rings (SSSR count). The zero-order valence-corrected chi connectivity index (χ0v) is 13.2. The zero-order chi connectivity index (χ0) is 16.2. The zero-order valence-electron chi connectivity index (χ0n) is 13.2. The summed E-state index contributed by atoms with van der Waals surface area (Å²) in [5.74, 6) is -0.711. The minimum Gasteiger partial charge on any atom is -0.481 e. The maximum atomic E-state index is 9.60. The summed E-state index contributed by atoms with van der Waals surface area (Å²) in [7, 11) is 4.94. The van der Waals surface area contributed by atoms with Crippen LogP contribution in [0.4, 0.5) is 0 Å². The molecule has 21 heavy (non-hydrogen) atoms. The molecule has 0 aliphatic heterocycles. The summed E-state index contributed by atoms with van der Waals surface area (Å²) in [4.78, 5) is 22.4. The molecule has 0 spiro atoms. The molecular weight excluding hydrogens is 265 g/mol. The van der Waals surface area contributed by atoms with E-state index < -0.39 is 5.97 Å². The van der Waals surface area contributed by atoms with Crippen molar-refractivity contribution in [3.8, 4) is 0 Å². The quantitative estimate of drug-likeness (QED) is 0.712. The number of carbonyl (C=O) groups is 1. The predicted octanol–water partition coefficient (Wildman–Crippen LogP) is 0.451. The van der Waals surface area contributed by atoms with Crippen molar-refractivity contribution in [2.45, 2.75) is 33.0 Å². The fourth-order valence-corrected chi connectivity index (χ4v) is 0.998. The molecule has 0 fully saturated rings. The average molecular weight is 290 g/mol. The number of hydrogen-bond donors (Lipinski definition) is 3. The van der Waals surface area contributed by atoms with Crippen molar-refractivity contribution in [2.75, 3.05) is 0 Å². The number of aromatic nitrogens is 4. The third-order valence-corrected chi connectivity index (χ3v) is 1.98. The number of aromatic amines is 2. The molecule has 0 bridgehead atoms. The van der Waals surface area contributed by atoms with Gasteiger partial charge in [0.2, 0.25) is 0 Å². The number of carboxylic acids is 1. The van der Waals surface area contributed by atoms with Crippen LogP contribution in [0.3, 0.4) is 0 Å². The Bertz CT molecular complexity index is 309. The van der Waals surface area contributed by atoms with Gasteiger partial charge in [-0.2, -0.15) is 0 Å². The lowest BCUT2D eigenvalue weighted by Gasteiger charge is -1.79. The summed E-state index contributed by atoms with van der Waals surface area (Å²) in [6.45, 7) is 4.05. The lowest BCUT2D eigenvalue weighted by molar-refractivity contribution is -0.137. The second-order valence-corrected chi connectivity index (χ2v) is 4.02. The molecule has 114 valence electrons. The maximum absolute atomic E-state index is 9.60. The van der Waals surface area contributed by atoms with Gasteiger partial charge in [0.1, 0.15) is 0 Å². The minimum atomic E-state index is -0.711. The number of H-pyrrole nitrogens is 2. The Balaban J connectivity index is 0. The molecule has 2 aromatic rings. The predicted molar refractivity (Wildman–Crippen MR) is 93.0 cm³/mol. The van der Waals surface area contributed by atoms with Gasteiger partial charge in [-0.25, -0.2) is 9.97 Å². The molecule has 9 heteroatoms. The van der Waals surface area contributed by atoms with E-state index in [1.807, 2.05) is 6.92 Å². The molecule has 0 atom stereocenters. The smallest absolute Gasteiger partial charge is 0.303 e. The largest absolute Gasteiger partial charge is 0.481 e. The van der Waals surface area contributed by atoms with Gasteiger partial charge in [0.05, 0.1) is 34.6 Å². The highest BCUT2D eigenvalue weighted by atomic mass is 16.4. The van der Waals surface area contributed by atoms with E-state index in [1.54, 1.807) is 37.4 Å². The third-order valence-electron chi connectivity index (χ3n) is 1.98. The van der Waals surface area contributed by atoms with Crippen molar-refractivity contribution in [3.05, 3.63) is 37.4 Å². The lowest BCUT2D eigenvalue weighted by atomic mass is 9.27. The fraction of sp³-hybridized carbons (Fsp3) is 0.417. The van der Waals surface area contributed by atoms with Gasteiger partial charge in [0.25, 0.3) is 0 Å². The lowest BCUT2D eigenvalue weighted by Crippen LogP contribution is -1.98. The first-order valence-electron chi connectivity index (χ1n) is 7.26. The van der Waals surface area contributed by atoms with E-state index in [0.717, 1.165) is 6.42 Å². The molecule has 0 aliphatic carbocycles. The van der Waals surface area contributed by atoms with Gasteiger partial charge in [-0.15, -0.1) is 0 Å². The Kier molecular flexibility index (Phi) is 20.8. The van der Waals surface area contributed by atoms with Crippen LogP contribution in [0.2, 0.25) is 6.32 Å². The Morgan fingerprint density at radius 2 is 1.71 bits per heavy atom. The Morgan fingerprint density at radius 1 is 1.19 bits per heavy atom. The Morgan fingerprint density at radius 3 is 1.76 bits per heavy atom. The average Bonchev–Trinajstić information content (AvgIpc) is 3.19. The third kappa shape index (κ3) is 27.3. The van der Waals surface area contributed by atoms with Crippen LogP contribution in [-0.4, -0.2) is 53.0 Å². The van der Waals surface area contributed by atoms with Crippen LogP contribution in [0.25, 0.3) is 0 Å². The summed E-state index contributed by atoms with van der Waals surface area (Å²) in [6, 6.07) is 0. The molecule has 0 amide bonds. The molecule has 0 saturated carbocycles. The van der Waals surface area contributed by atoms with Crippen LogP contribution in [0.15, 0.2) is 37.4 Å². The first-order valence-corrected chi connectivity index (χ1v) is 7.26. The fourth-order valence-electron chi connectivity index (χ4n) is 0.998. The van der Waals surface area contributed by atoms with Gasteiger partial charge in [0, 0.05) is 31.2 Å². The Labute approximate surface area is 129 Å². The van der Waals surface area contributed by atoms with Crippen molar-refractivity contribution < 1.29 is 9.90 Å². The number of nitrogens with one attached hydrogen (secondary N) is 2. The maximum Gasteiger partial charge on any atom is 0.303 e. The molecule has 3 N–H and O–H groups in total. The van der Waals surface area contributed by atoms with Crippen LogP contribution in [-0.2, 0) is 4.79 Å². The number of aliphatic carboxylic acids is 1. The van der Waals surface area contributed by atoms with E-state index in [-0.39, 0.29) is 0 Å². The SMILES string of the molecule is BBBCC.CCCC(=O)O.c1c[nH]cn1.c1c[nH]cn1. The number of hydrogen-bond acceptors (Lipinski definition) is 3. The molecule has 0 aromatic carbocycles. The number of carboxylic acid groups (broad SMARTS) is 1. The summed E-state index contributed by atoms with van der Waals surface area (Å²) in [6.07, 6.45) is 12.5. The van der Waals surface area contributed by atoms with E-state index in [4.69, 9.17) is 5.11 Å². The van der Waals surface area contributed by atoms with Gasteiger partial charge in [-0.05, 0) is 6.42 Å². The van der Waals surface area contributed by atoms with Gasteiger partial charge in [-0.3, -0.25) is 4.79 Å². The van der Waals surface area contributed by atoms with Crippen molar-refractivity contribution in [1.82, 2.24) is 19.9 Å². The molecule has 6 nitrogen and oxygen atoms in total. The number of rotatable bonds is 4. The van der Waals surface area contributed by atoms with Crippen LogP contribution < -0.4 is 0 Å². The van der Waals surface area contributed by atoms with Crippen molar-refractivity contribution in [1.29, 1.82) is 0 Å². The van der Waals surface area contributed by atoms with Crippen molar-refractivity contribution in [3.63, 3.8) is 0 Å². The highest BCUT2D eigenvalue weighted by Gasteiger charge is 1.87. The van der Waals surface area contributed by atoms with Gasteiger partial charge in [0.15, 0.2) is 0 Å². The van der Waals surface area contributed by atoms with E-state index in [0.29, 0.717) is 6.42 Å². The Hall–Kier alpha value is -1.92. The second kappa shape index (κ2) is 20.4. The number of nitrogens with zero attached hydrogens (tertiary/aromatic N) is 2. The highest BCUT2D eigenvalue weighted by Crippen LogP contribution is 1.82. The number of imidazole rings is 2. The summed E-state index contributed by atoms with van der Waals surface area (Å²) in [5.41, 5.74) is 0.